The first-order valence-corrected chi connectivity index (χ1v) is 7.10. The van der Waals surface area contributed by atoms with E-state index in [9.17, 15) is 0 Å². The second-order valence-electron chi connectivity index (χ2n) is 5.97. The molecule has 2 aliphatic rings. The third-order valence-electron chi connectivity index (χ3n) is 4.15. The lowest BCUT2D eigenvalue weighted by atomic mass is 9.94. The second kappa shape index (κ2) is 4.81. The maximum absolute atomic E-state index is 3.71. The average Bonchev–Trinajstić information content (AvgIpc) is 3.18. The number of nitrogens with one attached hydrogen (secondary N) is 1. The first-order valence-electron chi connectivity index (χ1n) is 7.10. The number of rotatable bonds is 6. The van der Waals surface area contributed by atoms with Crippen molar-refractivity contribution in [2.45, 2.75) is 45.1 Å². The van der Waals surface area contributed by atoms with Crippen LogP contribution in [0, 0.1) is 18.8 Å². The molecule has 0 radical (unpaired) electrons. The molecular formula is C16H23N. The largest absolute Gasteiger partial charge is 0.314 e. The van der Waals surface area contributed by atoms with Crippen LogP contribution in [0.2, 0.25) is 0 Å². The van der Waals surface area contributed by atoms with Gasteiger partial charge in [-0.3, -0.25) is 0 Å². The topological polar surface area (TPSA) is 12.0 Å². The van der Waals surface area contributed by atoms with E-state index in [1.54, 1.807) is 0 Å². The minimum Gasteiger partial charge on any atom is -0.314 e. The highest BCUT2D eigenvalue weighted by molar-refractivity contribution is 5.22. The molecular weight excluding hydrogens is 206 g/mol. The third kappa shape index (κ3) is 3.32. The summed E-state index contributed by atoms with van der Waals surface area (Å²) in [5, 5.41) is 3.71. The van der Waals surface area contributed by atoms with Crippen molar-refractivity contribution in [1.82, 2.24) is 5.32 Å². The molecule has 1 aromatic rings. The molecule has 92 valence electrons. The third-order valence-corrected chi connectivity index (χ3v) is 4.15. The molecule has 0 heterocycles. The summed E-state index contributed by atoms with van der Waals surface area (Å²) in [7, 11) is 0. The van der Waals surface area contributed by atoms with Gasteiger partial charge in [0.2, 0.25) is 0 Å². The van der Waals surface area contributed by atoms with Gasteiger partial charge in [0, 0.05) is 6.04 Å². The van der Waals surface area contributed by atoms with Crippen molar-refractivity contribution in [1.29, 1.82) is 0 Å². The molecule has 1 N–H and O–H groups in total. The minimum atomic E-state index is 0.856. The van der Waals surface area contributed by atoms with Crippen molar-refractivity contribution in [3.63, 3.8) is 0 Å². The summed E-state index contributed by atoms with van der Waals surface area (Å²) in [5.74, 6) is 1.88. The van der Waals surface area contributed by atoms with Gasteiger partial charge in [-0.25, -0.2) is 0 Å². The SMILES string of the molecule is Cc1ccc(CC(CNC2CC2)C2CC2)cc1. The van der Waals surface area contributed by atoms with E-state index in [1.807, 2.05) is 0 Å². The molecule has 0 bridgehead atoms. The van der Waals surface area contributed by atoms with Crippen LogP contribution < -0.4 is 5.32 Å². The van der Waals surface area contributed by atoms with Gasteiger partial charge < -0.3 is 5.32 Å². The summed E-state index contributed by atoms with van der Waals surface area (Å²) in [5.41, 5.74) is 2.89. The van der Waals surface area contributed by atoms with E-state index in [2.05, 4.69) is 36.5 Å². The van der Waals surface area contributed by atoms with Gasteiger partial charge in [-0.15, -0.1) is 0 Å². The molecule has 2 fully saturated rings. The van der Waals surface area contributed by atoms with Gasteiger partial charge in [-0.2, -0.15) is 0 Å². The molecule has 0 aromatic heterocycles. The number of benzene rings is 1. The van der Waals surface area contributed by atoms with E-state index < -0.39 is 0 Å². The van der Waals surface area contributed by atoms with E-state index >= 15 is 0 Å². The van der Waals surface area contributed by atoms with Crippen molar-refractivity contribution in [2.24, 2.45) is 11.8 Å². The molecule has 0 amide bonds. The van der Waals surface area contributed by atoms with Crippen LogP contribution in [0.15, 0.2) is 24.3 Å². The molecule has 2 saturated carbocycles. The summed E-state index contributed by atoms with van der Waals surface area (Å²) in [4.78, 5) is 0. The fraction of sp³-hybridized carbons (Fsp3) is 0.625. The van der Waals surface area contributed by atoms with Crippen LogP contribution in [0.3, 0.4) is 0 Å². The Kier molecular flexibility index (Phi) is 3.19. The number of hydrogen-bond acceptors (Lipinski definition) is 1. The van der Waals surface area contributed by atoms with Gasteiger partial charge in [0.1, 0.15) is 0 Å². The Morgan fingerprint density at radius 2 is 1.82 bits per heavy atom. The van der Waals surface area contributed by atoms with Crippen molar-refractivity contribution < 1.29 is 0 Å². The van der Waals surface area contributed by atoms with E-state index in [-0.39, 0.29) is 0 Å². The molecule has 1 unspecified atom stereocenters. The lowest BCUT2D eigenvalue weighted by Gasteiger charge is -2.17. The van der Waals surface area contributed by atoms with Gasteiger partial charge in [-0.05, 0) is 63.0 Å². The zero-order chi connectivity index (χ0) is 11.7. The van der Waals surface area contributed by atoms with Crippen molar-refractivity contribution in [2.75, 3.05) is 6.54 Å². The van der Waals surface area contributed by atoms with Gasteiger partial charge in [0.05, 0.1) is 0 Å². The van der Waals surface area contributed by atoms with Crippen molar-refractivity contribution in [3.8, 4) is 0 Å². The molecule has 3 rings (SSSR count). The Balaban J connectivity index is 1.56. The molecule has 0 aliphatic heterocycles. The van der Waals surface area contributed by atoms with E-state index in [0.717, 1.165) is 17.9 Å². The smallest absolute Gasteiger partial charge is 0.00683 e. The predicted octanol–water partition coefficient (Wildman–Crippen LogP) is 3.32. The zero-order valence-corrected chi connectivity index (χ0v) is 10.8. The summed E-state index contributed by atoms with van der Waals surface area (Å²) in [6.07, 6.45) is 7.00. The molecule has 1 nitrogen and oxygen atoms in total. The summed E-state index contributed by atoms with van der Waals surface area (Å²) in [6, 6.07) is 9.96. The Labute approximate surface area is 105 Å². The number of aryl methyl sites for hydroxylation is 1. The molecule has 1 aromatic carbocycles. The standard InChI is InChI=1S/C16H23N/c1-12-2-4-13(5-3-12)10-15(14-6-7-14)11-17-16-8-9-16/h2-5,14-17H,6-11H2,1H3. The van der Waals surface area contributed by atoms with Crippen LogP contribution in [-0.2, 0) is 6.42 Å². The normalized spacial score (nSPS) is 21.5. The molecule has 1 atom stereocenters. The van der Waals surface area contributed by atoms with Crippen molar-refractivity contribution in [3.05, 3.63) is 35.4 Å². The molecule has 0 saturated heterocycles. The fourth-order valence-electron chi connectivity index (χ4n) is 2.61. The molecule has 0 spiro atoms. The van der Waals surface area contributed by atoms with Crippen LogP contribution in [0.4, 0.5) is 0 Å². The Bertz CT molecular complexity index is 360. The van der Waals surface area contributed by atoms with Gasteiger partial charge in [-0.1, -0.05) is 29.8 Å². The Morgan fingerprint density at radius 1 is 1.12 bits per heavy atom. The fourth-order valence-corrected chi connectivity index (χ4v) is 2.61. The Morgan fingerprint density at radius 3 is 2.41 bits per heavy atom. The van der Waals surface area contributed by atoms with Crippen LogP contribution in [-0.4, -0.2) is 12.6 Å². The van der Waals surface area contributed by atoms with Crippen LogP contribution in [0.25, 0.3) is 0 Å². The highest BCUT2D eigenvalue weighted by Gasteiger charge is 2.32. The Hall–Kier alpha value is -0.820. The van der Waals surface area contributed by atoms with E-state index in [1.165, 1.54) is 49.8 Å². The van der Waals surface area contributed by atoms with Crippen LogP contribution in [0.1, 0.15) is 36.8 Å². The molecule has 1 heteroatoms. The molecule has 17 heavy (non-hydrogen) atoms. The van der Waals surface area contributed by atoms with Crippen LogP contribution in [0.5, 0.6) is 0 Å². The van der Waals surface area contributed by atoms with Crippen molar-refractivity contribution >= 4 is 0 Å². The lowest BCUT2D eigenvalue weighted by molar-refractivity contribution is 0.422. The van der Waals surface area contributed by atoms with E-state index in [0.29, 0.717) is 0 Å². The summed E-state index contributed by atoms with van der Waals surface area (Å²) < 4.78 is 0. The minimum absolute atomic E-state index is 0.856. The van der Waals surface area contributed by atoms with Crippen LogP contribution >= 0.6 is 0 Å². The maximum atomic E-state index is 3.71. The van der Waals surface area contributed by atoms with E-state index in [4.69, 9.17) is 0 Å². The van der Waals surface area contributed by atoms with Gasteiger partial charge in [0.15, 0.2) is 0 Å². The summed E-state index contributed by atoms with van der Waals surface area (Å²) in [6.45, 7) is 3.40. The monoisotopic (exact) mass is 229 g/mol. The van der Waals surface area contributed by atoms with Gasteiger partial charge in [0.25, 0.3) is 0 Å². The quantitative estimate of drug-likeness (QED) is 0.789. The second-order valence-corrected chi connectivity index (χ2v) is 5.97. The number of hydrogen-bond donors (Lipinski definition) is 1. The predicted molar refractivity (Wildman–Crippen MR) is 72.1 cm³/mol. The zero-order valence-electron chi connectivity index (χ0n) is 10.8. The highest BCUT2D eigenvalue weighted by Crippen LogP contribution is 2.38. The lowest BCUT2D eigenvalue weighted by Crippen LogP contribution is -2.27. The average molecular weight is 229 g/mol. The summed E-state index contributed by atoms with van der Waals surface area (Å²) >= 11 is 0. The highest BCUT2D eigenvalue weighted by atomic mass is 14.9. The first-order chi connectivity index (χ1) is 8.31. The first kappa shape index (κ1) is 11.3. The van der Waals surface area contributed by atoms with Gasteiger partial charge >= 0.3 is 0 Å². The molecule has 2 aliphatic carbocycles. The maximum Gasteiger partial charge on any atom is 0.00683 e.